The van der Waals surface area contributed by atoms with E-state index in [0.717, 1.165) is 57.7 Å². The molecule has 27 heavy (non-hydrogen) atoms. The number of hydrogen-bond acceptors (Lipinski definition) is 6. The van der Waals surface area contributed by atoms with Crippen molar-refractivity contribution in [2.24, 2.45) is 5.41 Å². The quantitative estimate of drug-likeness (QED) is 0.871. The van der Waals surface area contributed by atoms with Gasteiger partial charge in [0.05, 0.1) is 11.2 Å². The van der Waals surface area contributed by atoms with Crippen molar-refractivity contribution in [1.29, 1.82) is 0 Å². The van der Waals surface area contributed by atoms with E-state index in [4.69, 9.17) is 0 Å². The van der Waals surface area contributed by atoms with E-state index in [0.29, 0.717) is 11.9 Å². The summed E-state index contributed by atoms with van der Waals surface area (Å²) in [7, 11) is 0. The van der Waals surface area contributed by atoms with Crippen LogP contribution in [0.2, 0.25) is 0 Å². The average Bonchev–Trinajstić information content (AvgIpc) is 3.24. The average molecular weight is 387 g/mol. The fourth-order valence-electron chi connectivity index (χ4n) is 4.40. The van der Waals surface area contributed by atoms with Gasteiger partial charge >= 0.3 is 0 Å². The SMILES string of the molecule is Cc1ncsc1CN1CCC2(CCc3nnc(C(=O)NC4CC4)n3C2)CC1. The second kappa shape index (κ2) is 6.67. The zero-order chi connectivity index (χ0) is 18.4. The van der Waals surface area contributed by atoms with Gasteiger partial charge in [-0.05, 0) is 57.5 Å². The Labute approximate surface area is 163 Å². The number of likely N-dealkylation sites (tertiary alicyclic amines) is 1. The van der Waals surface area contributed by atoms with Gasteiger partial charge in [0.1, 0.15) is 5.82 Å². The molecule has 2 aromatic rings. The molecule has 0 aromatic carbocycles. The van der Waals surface area contributed by atoms with Crippen molar-refractivity contribution >= 4 is 17.2 Å². The third-order valence-electron chi connectivity index (χ3n) is 6.44. The summed E-state index contributed by atoms with van der Waals surface area (Å²) in [5.74, 6) is 1.44. The molecule has 0 atom stereocenters. The number of nitrogens with one attached hydrogen (secondary N) is 1. The van der Waals surface area contributed by atoms with Crippen LogP contribution in [0, 0.1) is 12.3 Å². The molecule has 1 saturated heterocycles. The molecule has 144 valence electrons. The Kier molecular flexibility index (Phi) is 4.27. The number of hydrogen-bond donors (Lipinski definition) is 1. The molecule has 8 heteroatoms. The van der Waals surface area contributed by atoms with E-state index in [1.165, 1.54) is 23.4 Å². The van der Waals surface area contributed by atoms with Crippen LogP contribution in [-0.4, -0.2) is 49.7 Å². The van der Waals surface area contributed by atoms with E-state index in [9.17, 15) is 4.79 Å². The highest BCUT2D eigenvalue weighted by molar-refractivity contribution is 7.09. The van der Waals surface area contributed by atoms with Crippen LogP contribution in [0.3, 0.4) is 0 Å². The summed E-state index contributed by atoms with van der Waals surface area (Å²) >= 11 is 1.76. The van der Waals surface area contributed by atoms with Crippen molar-refractivity contribution in [2.45, 2.75) is 64.6 Å². The molecule has 2 fully saturated rings. The molecule has 2 aliphatic heterocycles. The molecular formula is C19H26N6OS. The van der Waals surface area contributed by atoms with Gasteiger partial charge in [0, 0.05) is 30.4 Å². The zero-order valence-electron chi connectivity index (χ0n) is 15.8. The van der Waals surface area contributed by atoms with Crippen LogP contribution in [-0.2, 0) is 19.5 Å². The normalized spacial score (nSPS) is 22.0. The summed E-state index contributed by atoms with van der Waals surface area (Å²) in [5, 5.41) is 11.6. The Bertz CT molecular complexity index is 846. The van der Waals surface area contributed by atoms with E-state index in [1.807, 2.05) is 5.51 Å². The second-order valence-electron chi connectivity index (χ2n) is 8.41. The Balaban J connectivity index is 1.26. The first-order chi connectivity index (χ1) is 13.1. The number of carbonyl (C=O) groups is 1. The van der Waals surface area contributed by atoms with Crippen LogP contribution in [0.5, 0.6) is 0 Å². The minimum atomic E-state index is -0.0496. The smallest absolute Gasteiger partial charge is 0.289 e. The third kappa shape index (κ3) is 3.40. The lowest BCUT2D eigenvalue weighted by Crippen LogP contribution is -2.44. The molecule has 0 radical (unpaired) electrons. The van der Waals surface area contributed by atoms with Crippen molar-refractivity contribution in [3.8, 4) is 0 Å². The molecule has 5 rings (SSSR count). The van der Waals surface area contributed by atoms with Crippen molar-refractivity contribution in [3.63, 3.8) is 0 Å². The number of amides is 1. The largest absolute Gasteiger partial charge is 0.347 e. The van der Waals surface area contributed by atoms with Gasteiger partial charge in [-0.1, -0.05) is 0 Å². The van der Waals surface area contributed by atoms with Crippen LogP contribution in [0.4, 0.5) is 0 Å². The molecule has 2 aromatic heterocycles. The van der Waals surface area contributed by atoms with Gasteiger partial charge in [0.2, 0.25) is 5.82 Å². The number of thiazole rings is 1. The fourth-order valence-corrected chi connectivity index (χ4v) is 5.22. The number of aryl methyl sites for hydroxylation is 2. The predicted molar refractivity (Wildman–Crippen MR) is 103 cm³/mol. The van der Waals surface area contributed by atoms with E-state index in [1.54, 1.807) is 11.3 Å². The maximum atomic E-state index is 12.5. The lowest BCUT2D eigenvalue weighted by atomic mass is 9.73. The van der Waals surface area contributed by atoms with Gasteiger partial charge in [-0.15, -0.1) is 21.5 Å². The molecule has 1 N–H and O–H groups in total. The van der Waals surface area contributed by atoms with E-state index in [-0.39, 0.29) is 11.3 Å². The van der Waals surface area contributed by atoms with Crippen LogP contribution in [0.25, 0.3) is 0 Å². The zero-order valence-corrected chi connectivity index (χ0v) is 16.6. The van der Waals surface area contributed by atoms with Crippen LogP contribution in [0.1, 0.15) is 59.1 Å². The molecule has 1 saturated carbocycles. The molecule has 7 nitrogen and oxygen atoms in total. The summed E-state index contributed by atoms with van der Waals surface area (Å²) in [6.45, 7) is 6.21. The molecule has 0 unspecified atom stereocenters. The van der Waals surface area contributed by atoms with Gasteiger partial charge in [0.15, 0.2) is 0 Å². The van der Waals surface area contributed by atoms with E-state index < -0.39 is 0 Å². The monoisotopic (exact) mass is 386 g/mol. The molecule has 4 heterocycles. The first-order valence-electron chi connectivity index (χ1n) is 9.96. The highest BCUT2D eigenvalue weighted by atomic mass is 32.1. The highest BCUT2D eigenvalue weighted by Gasteiger charge is 2.40. The van der Waals surface area contributed by atoms with Gasteiger partial charge < -0.3 is 9.88 Å². The Hall–Kier alpha value is -1.80. The molecular weight excluding hydrogens is 360 g/mol. The molecule has 1 aliphatic carbocycles. The number of nitrogens with zero attached hydrogens (tertiary/aromatic N) is 5. The fraction of sp³-hybridized carbons (Fsp3) is 0.684. The summed E-state index contributed by atoms with van der Waals surface area (Å²) in [6, 6.07) is 0.349. The maximum absolute atomic E-state index is 12.5. The van der Waals surface area contributed by atoms with Crippen molar-refractivity contribution in [2.75, 3.05) is 13.1 Å². The van der Waals surface area contributed by atoms with Gasteiger partial charge in [0.25, 0.3) is 5.91 Å². The van der Waals surface area contributed by atoms with Crippen LogP contribution < -0.4 is 5.32 Å². The number of piperidine rings is 1. The van der Waals surface area contributed by atoms with Gasteiger partial charge in [-0.25, -0.2) is 4.98 Å². The lowest BCUT2D eigenvalue weighted by Gasteiger charge is -2.44. The number of aromatic nitrogens is 4. The summed E-state index contributed by atoms with van der Waals surface area (Å²) in [4.78, 5) is 20.8. The highest BCUT2D eigenvalue weighted by Crippen LogP contribution is 2.41. The van der Waals surface area contributed by atoms with Crippen LogP contribution >= 0.6 is 11.3 Å². The molecule has 1 amide bonds. The van der Waals surface area contributed by atoms with E-state index in [2.05, 4.69) is 36.9 Å². The Morgan fingerprint density at radius 2 is 2.11 bits per heavy atom. The molecule has 0 bridgehead atoms. The molecule has 1 spiro atoms. The number of carbonyl (C=O) groups excluding carboxylic acids is 1. The summed E-state index contributed by atoms with van der Waals surface area (Å²) in [6.07, 6.45) is 6.61. The van der Waals surface area contributed by atoms with Crippen molar-refractivity contribution in [1.82, 2.24) is 30.0 Å². The minimum absolute atomic E-state index is 0.0496. The number of fused-ring (bicyclic) bond motifs is 1. The minimum Gasteiger partial charge on any atom is -0.347 e. The van der Waals surface area contributed by atoms with Gasteiger partial charge in [-0.2, -0.15) is 0 Å². The van der Waals surface area contributed by atoms with Gasteiger partial charge in [-0.3, -0.25) is 9.69 Å². The van der Waals surface area contributed by atoms with Crippen molar-refractivity contribution in [3.05, 3.63) is 27.7 Å². The third-order valence-corrected chi connectivity index (χ3v) is 7.36. The van der Waals surface area contributed by atoms with E-state index >= 15 is 0 Å². The molecule has 3 aliphatic rings. The number of rotatable bonds is 4. The summed E-state index contributed by atoms with van der Waals surface area (Å²) < 4.78 is 2.10. The Morgan fingerprint density at radius 3 is 2.81 bits per heavy atom. The predicted octanol–water partition coefficient (Wildman–Crippen LogP) is 2.16. The topological polar surface area (TPSA) is 75.9 Å². The maximum Gasteiger partial charge on any atom is 0.289 e. The summed E-state index contributed by atoms with van der Waals surface area (Å²) in [5.41, 5.74) is 3.39. The first-order valence-corrected chi connectivity index (χ1v) is 10.8. The Morgan fingerprint density at radius 1 is 1.30 bits per heavy atom. The van der Waals surface area contributed by atoms with Crippen molar-refractivity contribution < 1.29 is 4.79 Å². The second-order valence-corrected chi connectivity index (χ2v) is 9.35. The van der Waals surface area contributed by atoms with Crippen LogP contribution in [0.15, 0.2) is 5.51 Å². The first kappa shape index (κ1) is 17.3. The standard InChI is InChI=1S/C19H26N6OS/c1-13-15(27-12-20-13)10-24-8-6-19(7-9-24)5-4-16-22-23-17(25(16)11-19)18(26)21-14-2-3-14/h12,14H,2-11H2,1H3,(H,21,26). The lowest BCUT2D eigenvalue weighted by molar-refractivity contribution is 0.0621.